The van der Waals surface area contributed by atoms with Crippen LogP contribution in [0.15, 0.2) is 41.8 Å². The number of hydrogen-bond acceptors (Lipinski definition) is 6. The number of amides is 3. The van der Waals surface area contributed by atoms with Crippen LogP contribution in [0.5, 0.6) is 0 Å². The zero-order valence-corrected chi connectivity index (χ0v) is 21.7. The number of nitrogens with zero attached hydrogens (tertiary/aromatic N) is 1. The van der Waals surface area contributed by atoms with Crippen molar-refractivity contribution in [1.29, 1.82) is 0 Å². The van der Waals surface area contributed by atoms with E-state index in [0.717, 1.165) is 25.0 Å². The fourth-order valence-electron chi connectivity index (χ4n) is 4.39. The average molecular weight is 518 g/mol. The first-order chi connectivity index (χ1) is 16.1. The number of unbranched alkanes of at least 4 members (excludes halogenated alkanes) is 1. The van der Waals surface area contributed by atoms with Gasteiger partial charge in [-0.05, 0) is 48.6 Å². The van der Waals surface area contributed by atoms with Gasteiger partial charge < -0.3 is 15.5 Å². The van der Waals surface area contributed by atoms with Gasteiger partial charge in [0.15, 0.2) is 0 Å². The maximum atomic E-state index is 12.6. The van der Waals surface area contributed by atoms with Crippen molar-refractivity contribution in [3.05, 3.63) is 46.7 Å². The first-order valence-corrected chi connectivity index (χ1v) is 14.8. The quantitative estimate of drug-likeness (QED) is 0.275. The summed E-state index contributed by atoms with van der Waals surface area (Å²) in [5, 5.41) is 8.60. The van der Waals surface area contributed by atoms with Gasteiger partial charge >= 0.3 is 6.03 Å². The summed E-state index contributed by atoms with van der Waals surface area (Å²) in [5.41, 5.74) is 0. The van der Waals surface area contributed by atoms with E-state index >= 15 is 0 Å². The van der Waals surface area contributed by atoms with Gasteiger partial charge in [-0.25, -0.2) is 4.79 Å². The van der Waals surface area contributed by atoms with Gasteiger partial charge in [0.05, 0.1) is 18.6 Å². The standard InChI is InChI=1S/C24H27N3O2S4/c1-27(22(28)7-3-2-5-21-23-16(14-31-21)25-24(29)26-23)13-15-8-9-19(32-15)20-11-10-18(33-20)17-6-4-12-30-17/h4,6,8-12,16,21,23H,2-3,5,7,13-14H2,1H3,(H2,25,26,29)/t16-,21-,23-/m0/s1. The third kappa shape index (κ3) is 5.31. The van der Waals surface area contributed by atoms with Gasteiger partial charge in [-0.2, -0.15) is 11.8 Å². The Hall–Kier alpha value is -1.81. The van der Waals surface area contributed by atoms with E-state index < -0.39 is 0 Å². The Kier molecular flexibility index (Phi) is 7.10. The van der Waals surface area contributed by atoms with Gasteiger partial charge in [-0.15, -0.1) is 34.0 Å². The Balaban J connectivity index is 1.06. The van der Waals surface area contributed by atoms with Gasteiger partial charge in [-0.1, -0.05) is 12.5 Å². The second-order valence-electron chi connectivity index (χ2n) is 8.52. The van der Waals surface area contributed by atoms with Crippen molar-refractivity contribution in [3.63, 3.8) is 0 Å². The molecule has 0 spiro atoms. The van der Waals surface area contributed by atoms with E-state index in [1.54, 1.807) is 22.7 Å². The number of thiophene rings is 3. The molecule has 3 amide bonds. The van der Waals surface area contributed by atoms with Crippen molar-refractivity contribution in [1.82, 2.24) is 15.5 Å². The minimum absolute atomic E-state index is 0.0362. The number of nitrogens with one attached hydrogen (secondary N) is 2. The molecule has 0 saturated carbocycles. The van der Waals surface area contributed by atoms with Crippen molar-refractivity contribution in [3.8, 4) is 19.5 Å². The average Bonchev–Trinajstić information content (AvgIpc) is 3.60. The molecule has 9 heteroatoms. The number of carbonyl (C=O) groups excluding carboxylic acids is 2. The molecular formula is C24H27N3O2S4. The number of rotatable bonds is 9. The zero-order chi connectivity index (χ0) is 22.8. The lowest BCUT2D eigenvalue weighted by Gasteiger charge is -2.18. The summed E-state index contributed by atoms with van der Waals surface area (Å²) in [6, 6.07) is 13.4. The summed E-state index contributed by atoms with van der Waals surface area (Å²) in [6.45, 7) is 0.659. The molecule has 0 aliphatic carbocycles. The lowest BCUT2D eigenvalue weighted by molar-refractivity contribution is -0.130. The van der Waals surface area contributed by atoms with Gasteiger partial charge in [-0.3, -0.25) is 4.79 Å². The number of urea groups is 1. The molecule has 2 aliphatic heterocycles. The molecule has 2 aliphatic rings. The first kappa shape index (κ1) is 23.0. The molecule has 0 unspecified atom stereocenters. The minimum Gasteiger partial charge on any atom is -0.341 e. The highest BCUT2D eigenvalue weighted by Gasteiger charge is 2.42. The Morgan fingerprint density at radius 3 is 2.64 bits per heavy atom. The highest BCUT2D eigenvalue weighted by Crippen LogP contribution is 2.39. The van der Waals surface area contributed by atoms with Crippen LogP contribution in [-0.4, -0.2) is 47.0 Å². The maximum absolute atomic E-state index is 12.6. The Morgan fingerprint density at radius 2 is 1.82 bits per heavy atom. The monoisotopic (exact) mass is 517 g/mol. The van der Waals surface area contributed by atoms with E-state index in [1.165, 1.54) is 24.4 Å². The summed E-state index contributed by atoms with van der Waals surface area (Å²) < 4.78 is 0. The van der Waals surface area contributed by atoms with Crippen LogP contribution in [-0.2, 0) is 11.3 Å². The minimum atomic E-state index is -0.0362. The van der Waals surface area contributed by atoms with Gasteiger partial charge in [0, 0.05) is 48.9 Å². The fraction of sp³-hybridized carbons (Fsp3) is 0.417. The van der Waals surface area contributed by atoms with E-state index in [0.29, 0.717) is 18.2 Å². The van der Waals surface area contributed by atoms with Crippen LogP contribution in [0.3, 0.4) is 0 Å². The highest BCUT2D eigenvalue weighted by molar-refractivity contribution is 8.00. The summed E-state index contributed by atoms with van der Waals surface area (Å²) in [5.74, 6) is 1.19. The van der Waals surface area contributed by atoms with Crippen LogP contribution in [0.1, 0.15) is 30.6 Å². The van der Waals surface area contributed by atoms with Crippen LogP contribution >= 0.6 is 45.8 Å². The first-order valence-electron chi connectivity index (χ1n) is 11.2. The van der Waals surface area contributed by atoms with Crippen LogP contribution in [0.4, 0.5) is 4.79 Å². The molecule has 5 rings (SSSR count). The maximum Gasteiger partial charge on any atom is 0.315 e. The summed E-state index contributed by atoms with van der Waals surface area (Å²) in [4.78, 5) is 32.4. The van der Waals surface area contributed by atoms with Crippen LogP contribution in [0.2, 0.25) is 0 Å². The number of carbonyl (C=O) groups is 2. The van der Waals surface area contributed by atoms with Crippen LogP contribution in [0.25, 0.3) is 19.5 Å². The molecule has 2 saturated heterocycles. The molecule has 0 aromatic carbocycles. The number of thioether (sulfide) groups is 1. The van der Waals surface area contributed by atoms with E-state index in [9.17, 15) is 9.59 Å². The molecule has 3 atom stereocenters. The molecule has 33 heavy (non-hydrogen) atoms. The van der Waals surface area contributed by atoms with E-state index in [1.807, 2.05) is 35.0 Å². The summed E-state index contributed by atoms with van der Waals surface area (Å²) in [7, 11) is 1.90. The molecular weight excluding hydrogens is 491 g/mol. The van der Waals surface area contributed by atoms with Gasteiger partial charge in [0.2, 0.25) is 5.91 Å². The van der Waals surface area contributed by atoms with Gasteiger partial charge in [0.1, 0.15) is 0 Å². The molecule has 3 aromatic heterocycles. The predicted octanol–water partition coefficient (Wildman–Crippen LogP) is 5.89. The third-order valence-corrected chi connectivity index (χ3v) is 11.1. The largest absolute Gasteiger partial charge is 0.341 e. The predicted molar refractivity (Wildman–Crippen MR) is 141 cm³/mol. The van der Waals surface area contributed by atoms with Crippen molar-refractivity contribution in [2.45, 2.75) is 49.6 Å². The topological polar surface area (TPSA) is 61.4 Å². The Labute approximate surface area is 210 Å². The fourth-order valence-corrected chi connectivity index (χ4v) is 8.93. The second-order valence-corrected chi connectivity index (χ2v) is 13.0. The van der Waals surface area contributed by atoms with Crippen molar-refractivity contribution >= 4 is 57.7 Å². The van der Waals surface area contributed by atoms with Crippen molar-refractivity contribution in [2.75, 3.05) is 12.8 Å². The SMILES string of the molecule is CN(Cc1ccc(-c2ccc(-c3cccs3)s2)s1)C(=O)CCCC[C@@H]1SC[C@@H]2NC(=O)N[C@@H]21. The number of fused-ring (bicyclic) bond motifs is 1. The van der Waals surface area contributed by atoms with E-state index in [-0.39, 0.29) is 24.0 Å². The molecule has 5 heterocycles. The van der Waals surface area contributed by atoms with Crippen LogP contribution in [0, 0.1) is 0 Å². The molecule has 3 aromatic rings. The molecule has 174 valence electrons. The normalized spacial score (nSPS) is 21.6. The molecule has 0 radical (unpaired) electrons. The third-order valence-electron chi connectivity index (χ3n) is 6.16. The van der Waals surface area contributed by atoms with E-state index in [2.05, 4.69) is 52.4 Å². The zero-order valence-electron chi connectivity index (χ0n) is 18.4. The molecule has 2 fully saturated rings. The second kappa shape index (κ2) is 10.2. The summed E-state index contributed by atoms with van der Waals surface area (Å²) >= 11 is 7.30. The van der Waals surface area contributed by atoms with Crippen molar-refractivity contribution < 1.29 is 9.59 Å². The van der Waals surface area contributed by atoms with E-state index in [4.69, 9.17) is 0 Å². The van der Waals surface area contributed by atoms with Crippen molar-refractivity contribution in [2.24, 2.45) is 0 Å². The molecule has 5 nitrogen and oxygen atoms in total. The highest BCUT2D eigenvalue weighted by atomic mass is 32.2. The smallest absolute Gasteiger partial charge is 0.315 e. The lowest BCUT2D eigenvalue weighted by atomic mass is 10.0. The van der Waals surface area contributed by atoms with Gasteiger partial charge in [0.25, 0.3) is 0 Å². The Bertz CT molecular complexity index is 1110. The molecule has 2 N–H and O–H groups in total. The lowest BCUT2D eigenvalue weighted by Crippen LogP contribution is -2.36. The molecule has 0 bridgehead atoms. The Morgan fingerprint density at radius 1 is 1.03 bits per heavy atom. The van der Waals surface area contributed by atoms with Crippen LogP contribution < -0.4 is 10.6 Å². The summed E-state index contributed by atoms with van der Waals surface area (Å²) in [6.07, 6.45) is 3.55. The number of hydrogen-bond donors (Lipinski definition) is 2.